The number of benzene rings is 1. The average molecular weight is 270 g/mol. The molecule has 0 amide bonds. The highest BCUT2D eigenvalue weighted by atomic mass is 35.5. The summed E-state index contributed by atoms with van der Waals surface area (Å²) in [5.74, 6) is 0.773. The average Bonchev–Trinajstić information content (AvgIpc) is 2.39. The first kappa shape index (κ1) is 13.3. The van der Waals surface area contributed by atoms with E-state index in [1.807, 2.05) is 30.0 Å². The molecule has 1 saturated carbocycles. The largest absolute Gasteiger partial charge is 0.329 e. The van der Waals surface area contributed by atoms with Gasteiger partial charge in [0.2, 0.25) is 0 Å². The highest BCUT2D eigenvalue weighted by Crippen LogP contribution is 2.38. The molecule has 0 bridgehead atoms. The van der Waals surface area contributed by atoms with Crippen molar-refractivity contribution in [1.82, 2.24) is 0 Å². The summed E-state index contributed by atoms with van der Waals surface area (Å²) in [4.78, 5) is 1.18. The van der Waals surface area contributed by atoms with E-state index < -0.39 is 0 Å². The second-order valence-electron chi connectivity index (χ2n) is 4.72. The van der Waals surface area contributed by atoms with E-state index >= 15 is 0 Å². The molecule has 0 spiro atoms. The lowest BCUT2D eigenvalue weighted by Gasteiger charge is -2.29. The predicted octanol–water partition coefficient (Wildman–Crippen LogP) is 4.34. The lowest BCUT2D eigenvalue weighted by atomic mass is 9.87. The van der Waals surface area contributed by atoms with Gasteiger partial charge in [0.15, 0.2) is 0 Å². The third kappa shape index (κ3) is 3.64. The van der Waals surface area contributed by atoms with Crippen molar-refractivity contribution in [2.24, 2.45) is 11.7 Å². The zero-order valence-electron chi connectivity index (χ0n) is 10.1. The van der Waals surface area contributed by atoms with Crippen LogP contribution in [0.1, 0.15) is 32.1 Å². The first-order valence-corrected chi connectivity index (χ1v) is 7.68. The summed E-state index contributed by atoms with van der Waals surface area (Å²) >= 11 is 8.07. The third-order valence-electron chi connectivity index (χ3n) is 3.52. The van der Waals surface area contributed by atoms with Crippen LogP contribution in [0.5, 0.6) is 0 Å². The third-order valence-corrected chi connectivity index (χ3v) is 5.45. The summed E-state index contributed by atoms with van der Waals surface area (Å²) in [6.45, 7) is 0.751. The molecule has 2 rings (SSSR count). The Bertz CT molecular complexity index is 350. The highest BCUT2D eigenvalue weighted by Gasteiger charge is 2.23. The number of rotatable bonds is 4. The molecule has 1 nitrogen and oxygen atoms in total. The molecule has 1 unspecified atom stereocenters. The topological polar surface area (TPSA) is 26.0 Å². The molecular formula is C14H20ClNS. The van der Waals surface area contributed by atoms with Crippen LogP contribution >= 0.6 is 23.4 Å². The molecule has 1 aliphatic carbocycles. The maximum atomic E-state index is 6.20. The molecule has 17 heavy (non-hydrogen) atoms. The van der Waals surface area contributed by atoms with Crippen LogP contribution in [-0.2, 0) is 0 Å². The Morgan fingerprint density at radius 2 is 1.94 bits per heavy atom. The zero-order valence-corrected chi connectivity index (χ0v) is 11.6. The van der Waals surface area contributed by atoms with Crippen LogP contribution in [0.2, 0.25) is 5.02 Å². The second kappa shape index (κ2) is 6.67. The predicted molar refractivity (Wildman–Crippen MR) is 76.7 cm³/mol. The van der Waals surface area contributed by atoms with Crippen molar-refractivity contribution in [3.8, 4) is 0 Å². The summed E-state index contributed by atoms with van der Waals surface area (Å²) in [7, 11) is 0. The van der Waals surface area contributed by atoms with Gasteiger partial charge in [-0.3, -0.25) is 0 Å². The summed E-state index contributed by atoms with van der Waals surface area (Å²) in [6.07, 6.45) is 6.79. The van der Waals surface area contributed by atoms with Gasteiger partial charge in [-0.15, -0.1) is 11.8 Å². The molecule has 1 aromatic rings. The van der Waals surface area contributed by atoms with Gasteiger partial charge >= 0.3 is 0 Å². The van der Waals surface area contributed by atoms with E-state index in [2.05, 4.69) is 6.07 Å². The van der Waals surface area contributed by atoms with Gasteiger partial charge in [-0.05, 0) is 30.9 Å². The first-order chi connectivity index (χ1) is 8.31. The Labute approximate surface area is 113 Å². The molecular weight excluding hydrogens is 250 g/mol. The molecule has 0 radical (unpaired) electrons. The number of halogens is 1. The molecule has 94 valence electrons. The van der Waals surface area contributed by atoms with Gasteiger partial charge < -0.3 is 5.73 Å². The fraction of sp³-hybridized carbons (Fsp3) is 0.571. The quantitative estimate of drug-likeness (QED) is 0.823. The molecule has 1 fully saturated rings. The highest BCUT2D eigenvalue weighted by molar-refractivity contribution is 8.00. The van der Waals surface area contributed by atoms with Crippen LogP contribution in [0, 0.1) is 5.92 Å². The smallest absolute Gasteiger partial charge is 0.0541 e. The standard InChI is InChI=1S/C14H20ClNS/c15-12-8-4-5-9-13(12)17-14(10-16)11-6-2-1-3-7-11/h4-5,8-9,11,14H,1-3,6-7,10,16H2. The molecule has 1 aliphatic rings. The van der Waals surface area contributed by atoms with Crippen molar-refractivity contribution in [1.29, 1.82) is 0 Å². The lowest BCUT2D eigenvalue weighted by Crippen LogP contribution is -2.27. The van der Waals surface area contributed by atoms with Crippen LogP contribution < -0.4 is 5.73 Å². The number of nitrogens with two attached hydrogens (primary N) is 1. The molecule has 1 atom stereocenters. The Hall–Kier alpha value is -0.180. The van der Waals surface area contributed by atoms with Crippen molar-refractivity contribution in [2.75, 3.05) is 6.54 Å². The van der Waals surface area contributed by atoms with Crippen LogP contribution in [-0.4, -0.2) is 11.8 Å². The normalized spacial score (nSPS) is 19.2. The Morgan fingerprint density at radius 1 is 1.24 bits per heavy atom. The van der Waals surface area contributed by atoms with E-state index in [1.165, 1.54) is 37.0 Å². The van der Waals surface area contributed by atoms with E-state index in [-0.39, 0.29) is 0 Å². The van der Waals surface area contributed by atoms with Crippen LogP contribution in [0.15, 0.2) is 29.2 Å². The number of thioether (sulfide) groups is 1. The Kier molecular flexibility index (Phi) is 5.20. The fourth-order valence-corrected chi connectivity index (χ4v) is 4.04. The van der Waals surface area contributed by atoms with E-state index in [0.29, 0.717) is 5.25 Å². The zero-order chi connectivity index (χ0) is 12.1. The lowest BCUT2D eigenvalue weighted by molar-refractivity contribution is 0.351. The minimum atomic E-state index is 0.523. The summed E-state index contributed by atoms with van der Waals surface area (Å²) in [5, 5.41) is 1.38. The maximum Gasteiger partial charge on any atom is 0.0541 e. The molecule has 1 aromatic carbocycles. The summed E-state index contributed by atoms with van der Waals surface area (Å²) in [6, 6.07) is 8.07. The summed E-state index contributed by atoms with van der Waals surface area (Å²) < 4.78 is 0. The van der Waals surface area contributed by atoms with Gasteiger partial charge in [-0.1, -0.05) is 43.0 Å². The second-order valence-corrected chi connectivity index (χ2v) is 6.41. The SMILES string of the molecule is NCC(Sc1ccccc1Cl)C1CCCCC1. The van der Waals surface area contributed by atoms with Gasteiger partial charge in [0, 0.05) is 16.7 Å². The van der Waals surface area contributed by atoms with Crippen molar-refractivity contribution in [3.05, 3.63) is 29.3 Å². The van der Waals surface area contributed by atoms with Gasteiger partial charge in [-0.25, -0.2) is 0 Å². The minimum absolute atomic E-state index is 0.523. The van der Waals surface area contributed by atoms with E-state index in [1.54, 1.807) is 0 Å². The molecule has 0 saturated heterocycles. The molecule has 0 aromatic heterocycles. The van der Waals surface area contributed by atoms with Crippen LogP contribution in [0.3, 0.4) is 0 Å². The molecule has 2 N–H and O–H groups in total. The van der Waals surface area contributed by atoms with Gasteiger partial charge in [-0.2, -0.15) is 0 Å². The molecule has 0 heterocycles. The van der Waals surface area contributed by atoms with Gasteiger partial charge in [0.05, 0.1) is 5.02 Å². The van der Waals surface area contributed by atoms with Crippen molar-refractivity contribution >= 4 is 23.4 Å². The Morgan fingerprint density at radius 3 is 2.59 bits per heavy atom. The minimum Gasteiger partial charge on any atom is -0.329 e. The van der Waals surface area contributed by atoms with E-state index in [9.17, 15) is 0 Å². The van der Waals surface area contributed by atoms with Crippen molar-refractivity contribution in [2.45, 2.75) is 42.2 Å². The molecule has 3 heteroatoms. The van der Waals surface area contributed by atoms with Crippen LogP contribution in [0.25, 0.3) is 0 Å². The van der Waals surface area contributed by atoms with Crippen molar-refractivity contribution < 1.29 is 0 Å². The summed E-state index contributed by atoms with van der Waals surface area (Å²) in [5.41, 5.74) is 5.94. The van der Waals surface area contributed by atoms with E-state index in [0.717, 1.165) is 17.5 Å². The maximum absolute atomic E-state index is 6.20. The fourth-order valence-electron chi connectivity index (χ4n) is 2.55. The van der Waals surface area contributed by atoms with E-state index in [4.69, 9.17) is 17.3 Å². The van der Waals surface area contributed by atoms with Crippen molar-refractivity contribution in [3.63, 3.8) is 0 Å². The monoisotopic (exact) mass is 269 g/mol. The Balaban J connectivity index is 2.01. The van der Waals surface area contributed by atoms with Gasteiger partial charge in [0.1, 0.15) is 0 Å². The number of hydrogen-bond donors (Lipinski definition) is 1. The van der Waals surface area contributed by atoms with Gasteiger partial charge in [0.25, 0.3) is 0 Å². The number of hydrogen-bond acceptors (Lipinski definition) is 2. The van der Waals surface area contributed by atoms with Crippen LogP contribution in [0.4, 0.5) is 0 Å². The first-order valence-electron chi connectivity index (χ1n) is 6.42. The molecule has 0 aliphatic heterocycles.